The van der Waals surface area contributed by atoms with Crippen LogP contribution < -0.4 is 10.9 Å². The van der Waals surface area contributed by atoms with Crippen molar-refractivity contribution < 1.29 is 9.21 Å². The van der Waals surface area contributed by atoms with Crippen molar-refractivity contribution in [1.82, 2.24) is 14.9 Å². The van der Waals surface area contributed by atoms with Crippen LogP contribution in [0, 0.1) is 0 Å². The number of carbonyl (C=O) groups excluding carboxylic acids is 1. The van der Waals surface area contributed by atoms with Gasteiger partial charge < -0.3 is 9.73 Å². The van der Waals surface area contributed by atoms with Crippen LogP contribution >= 0.6 is 11.8 Å². The molecule has 1 N–H and O–H groups in total. The highest BCUT2D eigenvalue weighted by Crippen LogP contribution is 2.24. The van der Waals surface area contributed by atoms with E-state index >= 15 is 0 Å². The van der Waals surface area contributed by atoms with E-state index in [1.165, 1.54) is 11.8 Å². The summed E-state index contributed by atoms with van der Waals surface area (Å²) in [5.74, 6) is 0.558. The fourth-order valence-electron chi connectivity index (χ4n) is 2.61. The number of furan rings is 1. The lowest BCUT2D eigenvalue weighted by Crippen LogP contribution is -2.32. The normalized spacial score (nSPS) is 12.5. The number of benzene rings is 1. The van der Waals surface area contributed by atoms with Gasteiger partial charge in [-0.25, -0.2) is 4.98 Å². The maximum Gasteiger partial charge on any atom is 0.262 e. The molecule has 136 valence electrons. The lowest BCUT2D eigenvalue weighted by Gasteiger charge is -2.18. The first kappa shape index (κ1) is 18.3. The Morgan fingerprint density at radius 3 is 2.69 bits per heavy atom. The standard InChI is InChI=1S/C19H21N3O3S/c1-12(2)22-18(24)15-8-4-5-9-16(15)21-19(22)26-13(3)17(23)20-11-14-7-6-10-25-14/h4-10,12-13H,11H2,1-3H3,(H,20,23)/t13-/m0/s1. The van der Waals surface area contributed by atoms with Gasteiger partial charge in [-0.2, -0.15) is 0 Å². The lowest BCUT2D eigenvalue weighted by molar-refractivity contribution is -0.120. The fraction of sp³-hybridized carbons (Fsp3) is 0.316. The van der Waals surface area contributed by atoms with Crippen LogP contribution in [0.4, 0.5) is 0 Å². The van der Waals surface area contributed by atoms with Crippen molar-refractivity contribution in [3.8, 4) is 0 Å². The quantitative estimate of drug-likeness (QED) is 0.531. The Balaban J connectivity index is 1.83. The van der Waals surface area contributed by atoms with E-state index in [-0.39, 0.29) is 17.5 Å². The molecule has 2 heterocycles. The third kappa shape index (κ3) is 3.83. The van der Waals surface area contributed by atoms with Crippen LogP contribution in [0.5, 0.6) is 0 Å². The molecule has 0 saturated carbocycles. The van der Waals surface area contributed by atoms with E-state index in [1.54, 1.807) is 36.0 Å². The third-order valence-electron chi connectivity index (χ3n) is 3.96. The van der Waals surface area contributed by atoms with Gasteiger partial charge in [0, 0.05) is 6.04 Å². The minimum absolute atomic E-state index is 0.0551. The number of fused-ring (bicyclic) bond motifs is 1. The summed E-state index contributed by atoms with van der Waals surface area (Å²) in [4.78, 5) is 29.8. The predicted octanol–water partition coefficient (Wildman–Crippen LogP) is 3.37. The highest BCUT2D eigenvalue weighted by Gasteiger charge is 2.20. The maximum atomic E-state index is 12.8. The van der Waals surface area contributed by atoms with Crippen LogP contribution in [0.2, 0.25) is 0 Å². The average Bonchev–Trinajstić information content (AvgIpc) is 3.13. The molecule has 0 aliphatic carbocycles. The van der Waals surface area contributed by atoms with E-state index in [9.17, 15) is 9.59 Å². The maximum absolute atomic E-state index is 12.8. The molecule has 0 spiro atoms. The molecule has 6 nitrogen and oxygen atoms in total. The Kier molecular flexibility index (Phi) is 5.46. The van der Waals surface area contributed by atoms with Crippen LogP contribution in [0.15, 0.2) is 57.0 Å². The zero-order chi connectivity index (χ0) is 18.7. The number of aromatic nitrogens is 2. The summed E-state index contributed by atoms with van der Waals surface area (Å²) < 4.78 is 6.86. The minimum Gasteiger partial charge on any atom is -0.467 e. The summed E-state index contributed by atoms with van der Waals surface area (Å²) in [6.07, 6.45) is 1.57. The number of hydrogen-bond acceptors (Lipinski definition) is 5. The Morgan fingerprint density at radius 1 is 1.23 bits per heavy atom. The molecule has 0 aliphatic heterocycles. The molecular weight excluding hydrogens is 350 g/mol. The second kappa shape index (κ2) is 7.78. The lowest BCUT2D eigenvalue weighted by atomic mass is 10.2. The molecule has 2 aromatic heterocycles. The summed E-state index contributed by atoms with van der Waals surface area (Å²) in [6.45, 7) is 6.00. The molecule has 0 saturated heterocycles. The molecule has 0 unspecified atom stereocenters. The third-order valence-corrected chi connectivity index (χ3v) is 5.03. The van der Waals surface area contributed by atoms with Crippen molar-refractivity contribution >= 4 is 28.6 Å². The minimum atomic E-state index is -0.400. The van der Waals surface area contributed by atoms with Gasteiger partial charge in [-0.1, -0.05) is 23.9 Å². The monoisotopic (exact) mass is 371 g/mol. The first-order valence-electron chi connectivity index (χ1n) is 8.45. The Hall–Kier alpha value is -2.54. The first-order valence-corrected chi connectivity index (χ1v) is 9.33. The molecule has 0 radical (unpaired) electrons. The average molecular weight is 371 g/mol. The smallest absolute Gasteiger partial charge is 0.262 e. The van der Waals surface area contributed by atoms with Crippen molar-refractivity contribution in [2.45, 2.75) is 43.8 Å². The molecule has 7 heteroatoms. The van der Waals surface area contributed by atoms with E-state index in [0.717, 1.165) is 0 Å². The number of thioether (sulfide) groups is 1. The summed E-state index contributed by atoms with van der Waals surface area (Å²) in [7, 11) is 0. The van der Waals surface area contributed by atoms with Crippen LogP contribution in [0.25, 0.3) is 10.9 Å². The van der Waals surface area contributed by atoms with E-state index < -0.39 is 5.25 Å². The van der Waals surface area contributed by atoms with Crippen LogP contribution in [-0.4, -0.2) is 20.7 Å². The number of amides is 1. The van der Waals surface area contributed by atoms with Crippen molar-refractivity contribution in [3.63, 3.8) is 0 Å². The van der Waals surface area contributed by atoms with Gasteiger partial charge in [0.25, 0.3) is 5.56 Å². The molecule has 0 aliphatic rings. The molecule has 1 atom stereocenters. The highest BCUT2D eigenvalue weighted by atomic mass is 32.2. The number of nitrogens with one attached hydrogen (secondary N) is 1. The number of nitrogens with zero attached hydrogens (tertiary/aromatic N) is 2. The van der Waals surface area contributed by atoms with Crippen LogP contribution in [0.3, 0.4) is 0 Å². The van der Waals surface area contributed by atoms with Gasteiger partial charge in [0.05, 0.1) is 29.0 Å². The van der Waals surface area contributed by atoms with Gasteiger partial charge in [-0.15, -0.1) is 0 Å². The van der Waals surface area contributed by atoms with E-state index in [0.29, 0.717) is 28.4 Å². The van der Waals surface area contributed by atoms with E-state index in [4.69, 9.17) is 4.42 Å². The predicted molar refractivity (Wildman–Crippen MR) is 102 cm³/mol. The van der Waals surface area contributed by atoms with Gasteiger partial charge in [0.1, 0.15) is 5.76 Å². The van der Waals surface area contributed by atoms with Gasteiger partial charge >= 0.3 is 0 Å². The summed E-state index contributed by atoms with van der Waals surface area (Å²) in [6, 6.07) is 10.8. The first-order chi connectivity index (χ1) is 12.5. The van der Waals surface area contributed by atoms with Crippen molar-refractivity contribution in [3.05, 3.63) is 58.8 Å². The second-order valence-electron chi connectivity index (χ2n) is 6.24. The van der Waals surface area contributed by atoms with Gasteiger partial charge in [0.15, 0.2) is 5.16 Å². The van der Waals surface area contributed by atoms with Gasteiger partial charge in [0.2, 0.25) is 5.91 Å². The number of para-hydroxylation sites is 1. The molecule has 3 rings (SSSR count). The summed E-state index contributed by atoms with van der Waals surface area (Å²) in [5, 5.41) is 3.57. The molecule has 3 aromatic rings. The zero-order valence-electron chi connectivity index (χ0n) is 14.9. The van der Waals surface area contributed by atoms with Gasteiger partial charge in [-0.05, 0) is 45.0 Å². The molecule has 0 bridgehead atoms. The van der Waals surface area contributed by atoms with Crippen molar-refractivity contribution in [2.24, 2.45) is 0 Å². The van der Waals surface area contributed by atoms with Crippen molar-refractivity contribution in [1.29, 1.82) is 0 Å². The van der Waals surface area contributed by atoms with E-state index in [1.807, 2.05) is 32.0 Å². The molecule has 1 amide bonds. The topological polar surface area (TPSA) is 77.1 Å². The second-order valence-corrected chi connectivity index (χ2v) is 7.55. The van der Waals surface area contributed by atoms with Crippen LogP contribution in [-0.2, 0) is 11.3 Å². The number of hydrogen-bond donors (Lipinski definition) is 1. The largest absolute Gasteiger partial charge is 0.467 e. The molecule has 1 aromatic carbocycles. The molecule has 0 fully saturated rings. The molecular formula is C19H21N3O3S. The van der Waals surface area contributed by atoms with Gasteiger partial charge in [-0.3, -0.25) is 14.2 Å². The Bertz CT molecular complexity index is 964. The number of rotatable bonds is 6. The van der Waals surface area contributed by atoms with Crippen LogP contribution in [0.1, 0.15) is 32.6 Å². The zero-order valence-corrected chi connectivity index (χ0v) is 15.7. The fourth-order valence-corrected chi connectivity index (χ4v) is 3.67. The molecule has 26 heavy (non-hydrogen) atoms. The number of carbonyl (C=O) groups is 1. The van der Waals surface area contributed by atoms with Crippen molar-refractivity contribution in [2.75, 3.05) is 0 Å². The Labute approximate surface area is 155 Å². The van der Waals surface area contributed by atoms with E-state index in [2.05, 4.69) is 10.3 Å². The highest BCUT2D eigenvalue weighted by molar-refractivity contribution is 8.00. The Morgan fingerprint density at radius 2 is 2.00 bits per heavy atom. The summed E-state index contributed by atoms with van der Waals surface area (Å²) >= 11 is 1.28. The summed E-state index contributed by atoms with van der Waals surface area (Å²) in [5.41, 5.74) is 0.552. The SMILES string of the molecule is CC(C)n1c(S[C@@H](C)C(=O)NCc2ccco2)nc2ccccc2c1=O.